The van der Waals surface area contributed by atoms with Gasteiger partial charge in [-0.25, -0.2) is 4.99 Å². The lowest BCUT2D eigenvalue weighted by Gasteiger charge is -2.08. The van der Waals surface area contributed by atoms with Crippen molar-refractivity contribution in [2.45, 2.75) is 13.8 Å². The first-order chi connectivity index (χ1) is 10.5. The van der Waals surface area contributed by atoms with E-state index in [-0.39, 0.29) is 42.4 Å². The Morgan fingerprint density at radius 3 is 2.22 bits per heavy atom. The Morgan fingerprint density at radius 1 is 1.00 bits per heavy atom. The highest BCUT2D eigenvalue weighted by atomic mass is 127. The fraction of sp³-hybridized carbons (Fsp3) is 0.176. The number of hydrogen-bond acceptors (Lipinski definition) is 2. The van der Waals surface area contributed by atoms with Gasteiger partial charge < -0.3 is 16.4 Å². The number of aliphatic imine (C=N–C) groups is 1. The minimum atomic E-state index is -0.212. The third-order valence-corrected chi connectivity index (χ3v) is 2.94. The van der Waals surface area contributed by atoms with E-state index >= 15 is 0 Å². The summed E-state index contributed by atoms with van der Waals surface area (Å²) >= 11 is 0. The quantitative estimate of drug-likeness (QED) is 0.401. The SMILES string of the molecule is Cc1cc(C)cc(NC(N)=NCC(=O)Nc2ccccc2)c1.I. The number of nitrogens with zero attached hydrogens (tertiary/aromatic N) is 1. The van der Waals surface area contributed by atoms with Crippen molar-refractivity contribution < 1.29 is 4.79 Å². The third-order valence-electron chi connectivity index (χ3n) is 2.94. The van der Waals surface area contributed by atoms with Gasteiger partial charge in [-0.05, 0) is 49.2 Å². The molecule has 0 atom stereocenters. The zero-order valence-electron chi connectivity index (χ0n) is 13.2. The first-order valence-corrected chi connectivity index (χ1v) is 7.03. The van der Waals surface area contributed by atoms with E-state index in [0.29, 0.717) is 0 Å². The lowest BCUT2D eigenvalue weighted by molar-refractivity contribution is -0.114. The van der Waals surface area contributed by atoms with Crippen LogP contribution in [-0.2, 0) is 4.79 Å². The van der Waals surface area contributed by atoms with E-state index in [1.807, 2.05) is 56.3 Å². The summed E-state index contributed by atoms with van der Waals surface area (Å²) in [6, 6.07) is 15.3. The number of amides is 1. The number of nitrogens with one attached hydrogen (secondary N) is 2. The predicted octanol–water partition coefficient (Wildman–Crippen LogP) is 3.29. The number of halogens is 1. The number of guanidine groups is 1. The van der Waals surface area contributed by atoms with E-state index in [4.69, 9.17) is 5.73 Å². The highest BCUT2D eigenvalue weighted by Gasteiger charge is 2.02. The molecule has 0 aliphatic rings. The highest BCUT2D eigenvalue weighted by Crippen LogP contribution is 2.13. The molecule has 0 aliphatic heterocycles. The second-order valence-corrected chi connectivity index (χ2v) is 5.12. The first kappa shape index (κ1) is 19.0. The molecule has 0 aliphatic carbocycles. The Hall–Kier alpha value is -2.09. The summed E-state index contributed by atoms with van der Waals surface area (Å²) in [7, 11) is 0. The molecule has 122 valence electrons. The van der Waals surface area contributed by atoms with Crippen molar-refractivity contribution >= 4 is 47.2 Å². The maximum atomic E-state index is 11.8. The van der Waals surface area contributed by atoms with Crippen LogP contribution in [-0.4, -0.2) is 18.4 Å². The van der Waals surface area contributed by atoms with E-state index < -0.39 is 0 Å². The largest absolute Gasteiger partial charge is 0.370 e. The first-order valence-electron chi connectivity index (χ1n) is 7.03. The van der Waals surface area contributed by atoms with Crippen LogP contribution >= 0.6 is 24.0 Å². The van der Waals surface area contributed by atoms with Gasteiger partial charge in [0, 0.05) is 11.4 Å². The smallest absolute Gasteiger partial charge is 0.246 e. The van der Waals surface area contributed by atoms with E-state index in [9.17, 15) is 4.79 Å². The molecule has 6 heteroatoms. The molecule has 2 aromatic rings. The zero-order valence-corrected chi connectivity index (χ0v) is 15.5. The molecule has 0 heterocycles. The van der Waals surface area contributed by atoms with Crippen molar-refractivity contribution in [1.82, 2.24) is 0 Å². The number of carbonyl (C=O) groups excluding carboxylic acids is 1. The number of rotatable bonds is 4. The third kappa shape index (κ3) is 6.68. The van der Waals surface area contributed by atoms with Gasteiger partial charge in [0.1, 0.15) is 6.54 Å². The van der Waals surface area contributed by atoms with Gasteiger partial charge in [0.05, 0.1) is 0 Å². The second kappa shape index (κ2) is 9.14. The molecular formula is C17H21IN4O. The van der Waals surface area contributed by atoms with Crippen LogP contribution in [0.25, 0.3) is 0 Å². The molecule has 2 rings (SSSR count). The standard InChI is InChI=1S/C17H20N4O.HI/c1-12-8-13(2)10-15(9-12)21-17(18)19-11-16(22)20-14-6-4-3-5-7-14;/h3-10H,11H2,1-2H3,(H,20,22)(H3,18,19,21);1H. The molecule has 0 radical (unpaired) electrons. The monoisotopic (exact) mass is 424 g/mol. The topological polar surface area (TPSA) is 79.5 Å². The van der Waals surface area contributed by atoms with Crippen LogP contribution in [0.5, 0.6) is 0 Å². The van der Waals surface area contributed by atoms with Crippen LogP contribution in [0.2, 0.25) is 0 Å². The number of para-hydroxylation sites is 1. The van der Waals surface area contributed by atoms with E-state index in [2.05, 4.69) is 21.7 Å². The van der Waals surface area contributed by atoms with Crippen LogP contribution in [0.3, 0.4) is 0 Å². The average molecular weight is 424 g/mol. The maximum Gasteiger partial charge on any atom is 0.246 e. The van der Waals surface area contributed by atoms with Crippen molar-refractivity contribution in [2.75, 3.05) is 17.2 Å². The fourth-order valence-corrected chi connectivity index (χ4v) is 2.11. The molecule has 0 saturated carbocycles. The summed E-state index contributed by atoms with van der Waals surface area (Å²) in [5, 5.41) is 5.74. The highest BCUT2D eigenvalue weighted by molar-refractivity contribution is 14.0. The molecule has 0 aromatic heterocycles. The molecular weight excluding hydrogens is 403 g/mol. The van der Waals surface area contributed by atoms with E-state index in [0.717, 1.165) is 22.5 Å². The summed E-state index contributed by atoms with van der Waals surface area (Å²) in [6.45, 7) is 4.00. The molecule has 0 spiro atoms. The van der Waals surface area contributed by atoms with Crippen molar-refractivity contribution in [3.8, 4) is 0 Å². The van der Waals surface area contributed by atoms with E-state index in [1.54, 1.807) is 0 Å². The minimum Gasteiger partial charge on any atom is -0.370 e. The fourth-order valence-electron chi connectivity index (χ4n) is 2.11. The molecule has 5 nitrogen and oxygen atoms in total. The van der Waals surface area contributed by atoms with Crippen LogP contribution in [0.4, 0.5) is 11.4 Å². The van der Waals surface area contributed by atoms with Gasteiger partial charge in [-0.15, -0.1) is 24.0 Å². The Bertz CT molecular complexity index is 666. The summed E-state index contributed by atoms with van der Waals surface area (Å²) in [6.07, 6.45) is 0. The molecule has 0 fully saturated rings. The van der Waals surface area contributed by atoms with Gasteiger partial charge in [-0.2, -0.15) is 0 Å². The van der Waals surface area contributed by atoms with Gasteiger partial charge in [0.25, 0.3) is 0 Å². The van der Waals surface area contributed by atoms with Crippen molar-refractivity contribution in [1.29, 1.82) is 0 Å². The molecule has 1 amide bonds. The summed E-state index contributed by atoms with van der Waals surface area (Å²) in [5.41, 5.74) is 9.68. The average Bonchev–Trinajstić information content (AvgIpc) is 2.45. The number of nitrogens with two attached hydrogens (primary N) is 1. The van der Waals surface area contributed by atoms with Crippen molar-refractivity contribution in [2.24, 2.45) is 10.7 Å². The van der Waals surface area contributed by atoms with Gasteiger partial charge in [-0.1, -0.05) is 24.3 Å². The van der Waals surface area contributed by atoms with Gasteiger partial charge in [0.2, 0.25) is 5.91 Å². The second-order valence-electron chi connectivity index (χ2n) is 5.12. The zero-order chi connectivity index (χ0) is 15.9. The summed E-state index contributed by atoms with van der Waals surface area (Å²) in [5.74, 6) is 0.00424. The van der Waals surface area contributed by atoms with Gasteiger partial charge in [-0.3, -0.25) is 4.79 Å². The number of carbonyl (C=O) groups is 1. The number of benzene rings is 2. The summed E-state index contributed by atoms with van der Waals surface area (Å²) < 4.78 is 0. The van der Waals surface area contributed by atoms with Crippen LogP contribution < -0.4 is 16.4 Å². The molecule has 0 unspecified atom stereocenters. The van der Waals surface area contributed by atoms with Crippen LogP contribution in [0, 0.1) is 13.8 Å². The summed E-state index contributed by atoms with van der Waals surface area (Å²) in [4.78, 5) is 15.8. The number of hydrogen-bond donors (Lipinski definition) is 3. The molecule has 4 N–H and O–H groups in total. The molecule has 0 bridgehead atoms. The van der Waals surface area contributed by atoms with Gasteiger partial charge in [0.15, 0.2) is 5.96 Å². The number of anilines is 2. The van der Waals surface area contributed by atoms with E-state index in [1.165, 1.54) is 0 Å². The lowest BCUT2D eigenvalue weighted by Crippen LogP contribution is -2.25. The Kier molecular flexibility index (Phi) is 7.53. The van der Waals surface area contributed by atoms with Crippen molar-refractivity contribution in [3.63, 3.8) is 0 Å². The van der Waals surface area contributed by atoms with Crippen molar-refractivity contribution in [3.05, 3.63) is 59.7 Å². The lowest BCUT2D eigenvalue weighted by atomic mass is 10.1. The Morgan fingerprint density at radius 2 is 1.61 bits per heavy atom. The molecule has 23 heavy (non-hydrogen) atoms. The van der Waals surface area contributed by atoms with Crippen LogP contribution in [0.15, 0.2) is 53.5 Å². The Labute approximate surface area is 153 Å². The normalized spacial score (nSPS) is 10.6. The van der Waals surface area contributed by atoms with Gasteiger partial charge >= 0.3 is 0 Å². The Balaban J connectivity index is 0.00000264. The van der Waals surface area contributed by atoms with Crippen LogP contribution in [0.1, 0.15) is 11.1 Å². The predicted molar refractivity (Wildman–Crippen MR) is 107 cm³/mol. The maximum absolute atomic E-state index is 11.8. The number of aryl methyl sites for hydroxylation is 2. The molecule has 2 aromatic carbocycles. The molecule has 0 saturated heterocycles. The minimum absolute atomic E-state index is 0.